The van der Waals surface area contributed by atoms with E-state index in [1.807, 2.05) is 18.2 Å². The molecule has 162 valence electrons. The molecule has 2 aromatic heterocycles. The fourth-order valence-corrected chi connectivity index (χ4v) is 6.29. The van der Waals surface area contributed by atoms with Gasteiger partial charge in [0, 0.05) is 47.8 Å². The van der Waals surface area contributed by atoms with Crippen molar-refractivity contribution in [1.29, 1.82) is 0 Å². The first-order valence-corrected chi connectivity index (χ1v) is 12.4. The number of nitrogens with zero attached hydrogens (tertiary/aromatic N) is 3. The second kappa shape index (κ2) is 9.35. The Morgan fingerprint density at radius 2 is 1.77 bits per heavy atom. The SMILES string of the molecule is O=C(NCc1ccc(S(=O)(=O)N2CCN(c3ccccn3)CC2)s1)c1ccc(Cl)cc1. The van der Waals surface area contributed by atoms with Gasteiger partial charge in [-0.05, 0) is 48.5 Å². The molecule has 1 amide bonds. The van der Waals surface area contributed by atoms with Gasteiger partial charge in [0.1, 0.15) is 10.0 Å². The number of thiophene rings is 1. The van der Waals surface area contributed by atoms with E-state index in [1.54, 1.807) is 42.6 Å². The molecular weight excluding hydrogens is 456 g/mol. The number of anilines is 1. The third-order valence-corrected chi connectivity index (χ3v) is 8.68. The lowest BCUT2D eigenvalue weighted by molar-refractivity contribution is 0.0951. The van der Waals surface area contributed by atoms with Crippen molar-refractivity contribution in [1.82, 2.24) is 14.6 Å². The lowest BCUT2D eigenvalue weighted by Gasteiger charge is -2.34. The van der Waals surface area contributed by atoms with Crippen LogP contribution in [0.15, 0.2) is 65.0 Å². The third-order valence-electron chi connectivity index (χ3n) is 4.97. The predicted octanol–water partition coefficient (Wildman–Crippen LogP) is 3.24. The van der Waals surface area contributed by atoms with E-state index in [-0.39, 0.29) is 16.7 Å². The summed E-state index contributed by atoms with van der Waals surface area (Å²) < 4.78 is 27.9. The van der Waals surface area contributed by atoms with Gasteiger partial charge in [0.25, 0.3) is 15.9 Å². The van der Waals surface area contributed by atoms with E-state index in [4.69, 9.17) is 11.6 Å². The number of sulfonamides is 1. The van der Waals surface area contributed by atoms with Gasteiger partial charge in [-0.2, -0.15) is 4.31 Å². The number of amides is 1. The highest BCUT2D eigenvalue weighted by Crippen LogP contribution is 2.26. The van der Waals surface area contributed by atoms with Crippen molar-refractivity contribution in [2.45, 2.75) is 10.8 Å². The average Bonchev–Trinajstić information content (AvgIpc) is 3.29. The maximum atomic E-state index is 13.0. The molecule has 0 radical (unpaired) electrons. The molecule has 7 nitrogen and oxygen atoms in total. The predicted molar refractivity (Wildman–Crippen MR) is 122 cm³/mol. The van der Waals surface area contributed by atoms with Crippen LogP contribution in [0.5, 0.6) is 0 Å². The Morgan fingerprint density at radius 1 is 1.03 bits per heavy atom. The highest BCUT2D eigenvalue weighted by molar-refractivity contribution is 7.91. The first-order chi connectivity index (χ1) is 14.9. The second-order valence-electron chi connectivity index (χ2n) is 6.99. The van der Waals surface area contributed by atoms with Gasteiger partial charge in [0.05, 0.1) is 6.54 Å². The van der Waals surface area contributed by atoms with Crippen LogP contribution >= 0.6 is 22.9 Å². The molecule has 1 aliphatic rings. The lowest BCUT2D eigenvalue weighted by Crippen LogP contribution is -2.48. The van der Waals surface area contributed by atoms with Crippen LogP contribution in [0.3, 0.4) is 0 Å². The molecule has 1 fully saturated rings. The van der Waals surface area contributed by atoms with Gasteiger partial charge in [0.15, 0.2) is 0 Å². The molecule has 3 heterocycles. The molecule has 0 bridgehead atoms. The standard InChI is InChI=1S/C21H21ClN4O3S2/c22-17-6-4-16(5-7-17)21(27)24-15-18-8-9-20(30-18)31(28,29)26-13-11-25(12-14-26)19-3-1-2-10-23-19/h1-10H,11-15H2,(H,24,27). The maximum Gasteiger partial charge on any atom is 0.252 e. The second-order valence-corrected chi connectivity index (χ2v) is 10.8. The molecule has 1 saturated heterocycles. The molecule has 10 heteroatoms. The van der Waals surface area contributed by atoms with Crippen molar-refractivity contribution in [2.75, 3.05) is 31.1 Å². The number of piperazine rings is 1. The van der Waals surface area contributed by atoms with E-state index in [2.05, 4.69) is 15.2 Å². The minimum absolute atomic E-state index is 0.236. The van der Waals surface area contributed by atoms with Crippen molar-refractivity contribution in [3.8, 4) is 0 Å². The number of carbonyl (C=O) groups is 1. The quantitative estimate of drug-likeness (QED) is 0.590. The molecule has 3 aromatic rings. The Bertz CT molecular complexity index is 1140. The third kappa shape index (κ3) is 5.07. The van der Waals surface area contributed by atoms with Gasteiger partial charge in [-0.1, -0.05) is 17.7 Å². The van der Waals surface area contributed by atoms with Gasteiger partial charge in [0.2, 0.25) is 0 Å². The Hall–Kier alpha value is -2.46. The number of halogens is 1. The van der Waals surface area contributed by atoms with Crippen LogP contribution in [-0.4, -0.2) is 49.8 Å². The Kier molecular flexibility index (Phi) is 6.57. The first-order valence-electron chi connectivity index (χ1n) is 9.72. The molecule has 0 unspecified atom stereocenters. The van der Waals surface area contributed by atoms with Crippen molar-refractivity contribution < 1.29 is 13.2 Å². The molecule has 1 N–H and O–H groups in total. The molecular formula is C21H21ClN4O3S2. The first kappa shape index (κ1) is 21.8. The van der Waals surface area contributed by atoms with Crippen LogP contribution in [0.1, 0.15) is 15.2 Å². The van der Waals surface area contributed by atoms with Gasteiger partial charge < -0.3 is 10.2 Å². The maximum absolute atomic E-state index is 13.0. The van der Waals surface area contributed by atoms with Crippen LogP contribution in [-0.2, 0) is 16.6 Å². The average molecular weight is 477 g/mol. The summed E-state index contributed by atoms with van der Waals surface area (Å²) in [7, 11) is -3.56. The number of pyridine rings is 1. The summed E-state index contributed by atoms with van der Waals surface area (Å²) in [4.78, 5) is 19.4. The zero-order valence-corrected chi connectivity index (χ0v) is 19.0. The van der Waals surface area contributed by atoms with E-state index < -0.39 is 10.0 Å². The van der Waals surface area contributed by atoms with Crippen LogP contribution in [0, 0.1) is 0 Å². The van der Waals surface area contributed by atoms with E-state index in [0.717, 1.165) is 10.7 Å². The zero-order valence-electron chi connectivity index (χ0n) is 16.6. The molecule has 0 spiro atoms. The molecule has 1 aromatic carbocycles. The van der Waals surface area contributed by atoms with E-state index >= 15 is 0 Å². The number of nitrogens with one attached hydrogen (secondary N) is 1. The monoisotopic (exact) mass is 476 g/mol. The largest absolute Gasteiger partial charge is 0.354 e. The van der Waals surface area contributed by atoms with Crippen LogP contribution in [0.4, 0.5) is 5.82 Å². The Labute approximate surface area is 190 Å². The Balaban J connectivity index is 1.35. The molecule has 0 aliphatic carbocycles. The van der Waals surface area contributed by atoms with Crippen molar-refractivity contribution in [2.24, 2.45) is 0 Å². The molecule has 0 atom stereocenters. The topological polar surface area (TPSA) is 82.6 Å². The van der Waals surface area contributed by atoms with E-state index in [0.29, 0.717) is 36.8 Å². The van der Waals surface area contributed by atoms with Gasteiger partial charge in [-0.25, -0.2) is 13.4 Å². The fourth-order valence-electron chi connectivity index (χ4n) is 3.29. The highest BCUT2D eigenvalue weighted by atomic mass is 35.5. The smallest absolute Gasteiger partial charge is 0.252 e. The number of rotatable bonds is 6. The van der Waals surface area contributed by atoms with E-state index in [9.17, 15) is 13.2 Å². The number of aromatic nitrogens is 1. The van der Waals surface area contributed by atoms with E-state index in [1.165, 1.54) is 15.6 Å². The summed E-state index contributed by atoms with van der Waals surface area (Å²) in [5.74, 6) is 0.620. The van der Waals surface area contributed by atoms with Crippen molar-refractivity contribution in [3.05, 3.63) is 76.3 Å². The molecule has 31 heavy (non-hydrogen) atoms. The number of carbonyl (C=O) groups excluding carboxylic acids is 1. The lowest BCUT2D eigenvalue weighted by atomic mass is 10.2. The summed E-state index contributed by atoms with van der Waals surface area (Å²) in [6.45, 7) is 2.24. The summed E-state index contributed by atoms with van der Waals surface area (Å²) in [5, 5.41) is 3.37. The number of hydrogen-bond donors (Lipinski definition) is 1. The molecule has 1 aliphatic heterocycles. The van der Waals surface area contributed by atoms with Gasteiger partial charge in [-0.3, -0.25) is 4.79 Å². The number of hydrogen-bond acceptors (Lipinski definition) is 6. The van der Waals surface area contributed by atoms with Crippen LogP contribution in [0.25, 0.3) is 0 Å². The fraction of sp³-hybridized carbons (Fsp3) is 0.238. The number of benzene rings is 1. The normalized spacial score (nSPS) is 15.1. The summed E-state index contributed by atoms with van der Waals surface area (Å²) >= 11 is 7.02. The highest BCUT2D eigenvalue weighted by Gasteiger charge is 2.30. The van der Waals surface area contributed by atoms with Crippen molar-refractivity contribution >= 4 is 44.7 Å². The van der Waals surface area contributed by atoms with Gasteiger partial charge >= 0.3 is 0 Å². The minimum atomic E-state index is -3.56. The van der Waals surface area contributed by atoms with Crippen molar-refractivity contribution in [3.63, 3.8) is 0 Å². The Morgan fingerprint density at radius 3 is 2.45 bits per heavy atom. The minimum Gasteiger partial charge on any atom is -0.354 e. The summed E-state index contributed by atoms with van der Waals surface area (Å²) in [5.41, 5.74) is 0.500. The van der Waals surface area contributed by atoms with Crippen LogP contribution < -0.4 is 10.2 Å². The van der Waals surface area contributed by atoms with Gasteiger partial charge in [-0.15, -0.1) is 11.3 Å². The summed E-state index contributed by atoms with van der Waals surface area (Å²) in [6.07, 6.45) is 1.73. The van der Waals surface area contributed by atoms with Crippen LogP contribution in [0.2, 0.25) is 5.02 Å². The zero-order chi connectivity index (χ0) is 21.8. The summed E-state index contributed by atoms with van der Waals surface area (Å²) in [6, 6.07) is 15.6. The molecule has 0 saturated carbocycles. The molecule has 4 rings (SSSR count).